The molecule has 2 unspecified atom stereocenters. The van der Waals surface area contributed by atoms with E-state index in [1.165, 1.54) is 6.92 Å². The highest BCUT2D eigenvalue weighted by molar-refractivity contribution is 6.30. The Bertz CT molecular complexity index is 1040. The number of aliphatic hydroxyl groups is 1. The summed E-state index contributed by atoms with van der Waals surface area (Å²) in [6.45, 7) is 10.9. The Labute approximate surface area is 212 Å². The van der Waals surface area contributed by atoms with Gasteiger partial charge in [-0.1, -0.05) is 43.4 Å². The highest BCUT2D eigenvalue weighted by Gasteiger charge is 2.56. The molecule has 2 rings (SSSR count). The van der Waals surface area contributed by atoms with E-state index in [0.29, 0.717) is 35.5 Å². The molecule has 1 aromatic carbocycles. The van der Waals surface area contributed by atoms with E-state index in [2.05, 4.69) is 17.2 Å². The lowest BCUT2D eigenvalue weighted by Gasteiger charge is -2.39. The fourth-order valence-corrected chi connectivity index (χ4v) is 4.53. The van der Waals surface area contributed by atoms with Crippen molar-refractivity contribution in [3.05, 3.63) is 34.3 Å². The number of alkyl carbamates (subject to hydrolysis) is 1. The van der Waals surface area contributed by atoms with Crippen LogP contribution >= 0.6 is 11.6 Å². The molecule has 1 aromatic rings. The number of primary amides is 1. The quantitative estimate of drug-likeness (QED) is 0.404. The Kier molecular flexibility index (Phi) is 8.99. The van der Waals surface area contributed by atoms with Crippen molar-refractivity contribution in [2.24, 2.45) is 11.7 Å². The molecule has 1 fully saturated rings. The summed E-state index contributed by atoms with van der Waals surface area (Å²) >= 11 is 6.28. The van der Waals surface area contributed by atoms with Crippen molar-refractivity contribution < 1.29 is 28.7 Å². The van der Waals surface area contributed by atoms with Gasteiger partial charge in [0.2, 0.25) is 5.60 Å². The molecule has 192 valence electrons. The summed E-state index contributed by atoms with van der Waals surface area (Å²) in [5.74, 6) is 4.29. The first kappa shape index (κ1) is 28.6. The van der Waals surface area contributed by atoms with E-state index in [-0.39, 0.29) is 23.5 Å². The minimum absolute atomic E-state index is 0.0494. The molecule has 8 nitrogen and oxygen atoms in total. The van der Waals surface area contributed by atoms with Crippen LogP contribution in [0.1, 0.15) is 65.5 Å². The van der Waals surface area contributed by atoms with E-state index in [0.717, 1.165) is 0 Å². The molecule has 0 radical (unpaired) electrons. The van der Waals surface area contributed by atoms with Gasteiger partial charge in [0, 0.05) is 35.9 Å². The number of halogens is 1. The van der Waals surface area contributed by atoms with Gasteiger partial charge in [0.15, 0.2) is 6.04 Å². The van der Waals surface area contributed by atoms with E-state index in [1.54, 1.807) is 39.0 Å². The fraction of sp³-hybridized carbons (Fsp3) is 0.577. The van der Waals surface area contributed by atoms with Crippen molar-refractivity contribution in [1.29, 1.82) is 0 Å². The van der Waals surface area contributed by atoms with Crippen LogP contribution in [0.3, 0.4) is 0 Å². The van der Waals surface area contributed by atoms with Crippen LogP contribution in [0.2, 0.25) is 5.02 Å². The molecule has 35 heavy (non-hydrogen) atoms. The number of ether oxygens (including phenoxy) is 1. The second kappa shape index (κ2) is 11.0. The highest BCUT2D eigenvalue weighted by Crippen LogP contribution is 2.35. The van der Waals surface area contributed by atoms with Gasteiger partial charge in [0.05, 0.1) is 6.54 Å². The van der Waals surface area contributed by atoms with E-state index in [1.807, 2.05) is 13.8 Å². The number of likely N-dealkylation sites (tertiary alicyclic amines) is 1. The summed E-state index contributed by atoms with van der Waals surface area (Å²) in [7, 11) is 0. The lowest BCUT2D eigenvalue weighted by molar-refractivity contribution is -0.873. The van der Waals surface area contributed by atoms with Crippen LogP contribution in [0, 0.1) is 17.8 Å². The normalized spacial score (nSPS) is 21.6. The Morgan fingerprint density at radius 2 is 1.91 bits per heavy atom. The topological polar surface area (TPSA) is 119 Å². The molecule has 4 N–H and O–H groups in total. The van der Waals surface area contributed by atoms with Crippen molar-refractivity contribution in [2.75, 3.05) is 6.54 Å². The maximum atomic E-state index is 13.8. The molecule has 3 amide bonds. The smallest absolute Gasteiger partial charge is 0.407 e. The monoisotopic (exact) mass is 506 g/mol. The fourth-order valence-electron chi connectivity index (χ4n) is 4.33. The van der Waals surface area contributed by atoms with E-state index < -0.39 is 35.2 Å². The minimum atomic E-state index is -1.98. The van der Waals surface area contributed by atoms with Crippen molar-refractivity contribution in [3.8, 4) is 11.8 Å². The molecule has 0 bridgehead atoms. The first-order valence-corrected chi connectivity index (χ1v) is 12.2. The number of carbonyl (C=O) groups excluding carboxylic acids is 3. The van der Waals surface area contributed by atoms with Gasteiger partial charge in [-0.05, 0) is 45.4 Å². The summed E-state index contributed by atoms with van der Waals surface area (Å²) in [4.78, 5) is 38.5. The lowest BCUT2D eigenvalue weighted by atomic mass is 9.98. The molecule has 0 aromatic heterocycles. The first-order chi connectivity index (χ1) is 16.1. The van der Waals surface area contributed by atoms with Gasteiger partial charge in [-0.15, -0.1) is 0 Å². The molecule has 1 heterocycles. The number of rotatable bonds is 6. The minimum Gasteiger partial charge on any atom is -0.444 e. The zero-order chi connectivity index (χ0) is 26.6. The third-order valence-corrected chi connectivity index (χ3v) is 6.06. The molecule has 1 saturated heterocycles. The van der Waals surface area contributed by atoms with Crippen LogP contribution < -0.4 is 11.1 Å². The number of hydrogen-bond acceptors (Lipinski definition) is 5. The van der Waals surface area contributed by atoms with Gasteiger partial charge in [-0.25, -0.2) is 14.1 Å². The largest absolute Gasteiger partial charge is 0.444 e. The maximum Gasteiger partial charge on any atom is 0.407 e. The summed E-state index contributed by atoms with van der Waals surface area (Å²) in [6, 6.07) is 4.32. The van der Waals surface area contributed by atoms with Crippen LogP contribution in [0.25, 0.3) is 0 Å². The predicted octanol–water partition coefficient (Wildman–Crippen LogP) is 3.27. The van der Waals surface area contributed by atoms with Crippen molar-refractivity contribution in [2.45, 2.75) is 84.7 Å². The number of nitrogens with zero attached hydrogens (tertiary/aromatic N) is 1. The predicted molar refractivity (Wildman–Crippen MR) is 134 cm³/mol. The number of benzene rings is 1. The number of hydrogen-bond donors (Lipinski definition) is 3. The summed E-state index contributed by atoms with van der Waals surface area (Å²) < 4.78 is 4.94. The number of carbonyl (C=O) groups is 3. The third-order valence-electron chi connectivity index (χ3n) is 5.83. The Balaban J connectivity index is 2.47. The van der Waals surface area contributed by atoms with Crippen LogP contribution in [0.5, 0.6) is 0 Å². The van der Waals surface area contributed by atoms with Crippen molar-refractivity contribution in [3.63, 3.8) is 0 Å². The molecular formula is C26H37ClN3O5+. The number of nitrogens with one attached hydrogen (secondary N) is 1. The van der Waals surface area contributed by atoms with Crippen molar-refractivity contribution >= 4 is 29.5 Å². The first-order valence-electron chi connectivity index (χ1n) is 11.8. The van der Waals surface area contributed by atoms with Crippen LogP contribution in [-0.2, 0) is 27.4 Å². The van der Waals surface area contributed by atoms with Gasteiger partial charge < -0.3 is 20.9 Å². The van der Waals surface area contributed by atoms with Gasteiger partial charge in [0.1, 0.15) is 12.1 Å². The molecule has 9 heteroatoms. The maximum absolute atomic E-state index is 13.8. The zero-order valence-corrected chi connectivity index (χ0v) is 22.2. The van der Waals surface area contributed by atoms with Crippen LogP contribution in [0.4, 0.5) is 4.79 Å². The highest BCUT2D eigenvalue weighted by atomic mass is 35.5. The van der Waals surface area contributed by atoms with E-state index >= 15 is 0 Å². The van der Waals surface area contributed by atoms with Crippen LogP contribution in [0.15, 0.2) is 18.2 Å². The Hall–Kier alpha value is -2.60. The number of quaternary nitrogens is 1. The summed E-state index contributed by atoms with van der Waals surface area (Å²) in [5, 5.41) is 14.2. The van der Waals surface area contributed by atoms with Gasteiger partial charge >= 0.3 is 12.0 Å². The molecular weight excluding hydrogens is 470 g/mol. The molecule has 0 aliphatic carbocycles. The van der Waals surface area contributed by atoms with Gasteiger partial charge in [-0.2, -0.15) is 0 Å². The standard InChI is InChI=1S/C26H36ClN3O5/c1-17(2)11-12-26(6,34)23(32)30(13-7-8-21(30)22(28)31)16-19-14-20(27)10-9-18(19)15-29-24(33)35-25(3,4)5/h9-10,14,17,21,34H,7-8,13,15-16H2,1-6H3,(H2-,28,29,31,33)/p+1/t21-,26?,30?/m0/s1. The van der Waals surface area contributed by atoms with Gasteiger partial charge in [0.25, 0.3) is 5.91 Å². The Morgan fingerprint density at radius 3 is 2.49 bits per heavy atom. The van der Waals surface area contributed by atoms with E-state index in [4.69, 9.17) is 22.1 Å². The van der Waals surface area contributed by atoms with E-state index in [9.17, 15) is 19.5 Å². The van der Waals surface area contributed by atoms with Crippen LogP contribution in [-0.4, -0.2) is 51.3 Å². The SMILES string of the molecule is CC(C)C#CC(C)(O)C(=O)[N+]1(Cc2cc(Cl)ccc2CNC(=O)OC(C)(C)C)CCC[C@H]1C(N)=O. The summed E-state index contributed by atoms with van der Waals surface area (Å²) in [5.41, 5.74) is 4.46. The van der Waals surface area contributed by atoms with Gasteiger partial charge in [-0.3, -0.25) is 4.79 Å². The average molecular weight is 507 g/mol. The second-order valence-electron chi connectivity index (χ2n) is 10.5. The number of amides is 3. The zero-order valence-electron chi connectivity index (χ0n) is 21.4. The summed E-state index contributed by atoms with van der Waals surface area (Å²) in [6.07, 6.45) is 0.418. The molecule has 0 spiro atoms. The Morgan fingerprint density at radius 1 is 1.26 bits per heavy atom. The lowest BCUT2D eigenvalue weighted by Crippen LogP contribution is -2.65. The molecule has 1 aliphatic rings. The molecule has 1 aliphatic heterocycles. The molecule has 0 saturated carbocycles. The number of nitrogens with two attached hydrogens (primary N) is 1. The second-order valence-corrected chi connectivity index (χ2v) is 11.0. The van der Waals surface area contributed by atoms with Crippen molar-refractivity contribution in [1.82, 2.24) is 5.32 Å². The molecule has 3 atom stereocenters. The average Bonchev–Trinajstić information content (AvgIpc) is 3.14. The third kappa shape index (κ3) is 7.44.